The average molecular weight is 489 g/mol. The van der Waals surface area contributed by atoms with Gasteiger partial charge in [-0.15, -0.1) is 0 Å². The van der Waals surface area contributed by atoms with Crippen molar-refractivity contribution >= 4 is 16.9 Å². The summed E-state index contributed by atoms with van der Waals surface area (Å²) in [5.74, 6) is -1.92. The first-order valence-electron chi connectivity index (χ1n) is 12.0. The fourth-order valence-corrected chi connectivity index (χ4v) is 5.05. The van der Waals surface area contributed by atoms with Crippen LogP contribution in [0, 0.1) is 28.8 Å². The molecule has 0 radical (unpaired) electrons. The molecule has 2 N–H and O–H groups in total. The van der Waals surface area contributed by atoms with Crippen molar-refractivity contribution in [2.75, 3.05) is 18.0 Å². The topological polar surface area (TPSA) is 83.8 Å². The lowest BCUT2D eigenvalue weighted by Crippen LogP contribution is -2.42. The Morgan fingerprint density at radius 2 is 1.78 bits per heavy atom. The Bertz CT molecular complexity index is 1510. The van der Waals surface area contributed by atoms with Crippen LogP contribution in [0.1, 0.15) is 42.7 Å². The number of rotatable bonds is 4. The summed E-state index contributed by atoms with van der Waals surface area (Å²) >= 11 is 0. The molecule has 9 heteroatoms. The number of anilines is 1. The van der Waals surface area contributed by atoms with Gasteiger partial charge in [-0.2, -0.15) is 5.26 Å². The summed E-state index contributed by atoms with van der Waals surface area (Å²) in [5.41, 5.74) is 8.10. The lowest BCUT2D eigenvalue weighted by Gasteiger charge is -2.32. The van der Waals surface area contributed by atoms with Crippen LogP contribution in [0.2, 0.25) is 0 Å². The van der Waals surface area contributed by atoms with E-state index in [4.69, 9.17) is 16.0 Å². The van der Waals surface area contributed by atoms with Crippen molar-refractivity contribution < 1.29 is 13.2 Å². The molecule has 1 saturated heterocycles. The van der Waals surface area contributed by atoms with Crippen molar-refractivity contribution in [2.24, 2.45) is 5.73 Å². The van der Waals surface area contributed by atoms with E-state index in [-0.39, 0.29) is 40.2 Å². The quantitative estimate of drug-likeness (QED) is 0.428. The summed E-state index contributed by atoms with van der Waals surface area (Å²) in [4.78, 5) is 11.3. The zero-order valence-electron chi connectivity index (χ0n) is 19.4. The summed E-state index contributed by atoms with van der Waals surface area (Å²) in [6.07, 6.45) is 5.22. The summed E-state index contributed by atoms with van der Waals surface area (Å²) in [6.45, 7) is 1.38. The van der Waals surface area contributed by atoms with E-state index in [9.17, 15) is 4.39 Å². The molecule has 3 heterocycles. The molecule has 182 valence electrons. The molecule has 0 bridgehead atoms. The second kappa shape index (κ2) is 8.64. The third-order valence-electron chi connectivity index (χ3n) is 6.98. The molecule has 4 aromatic rings. The number of halogens is 3. The Morgan fingerprint density at radius 1 is 1.00 bits per heavy atom. The highest BCUT2D eigenvalue weighted by Crippen LogP contribution is 2.42. The Morgan fingerprint density at radius 3 is 2.44 bits per heavy atom. The Balaban J connectivity index is 1.61. The van der Waals surface area contributed by atoms with E-state index in [1.807, 2.05) is 6.07 Å². The van der Waals surface area contributed by atoms with Gasteiger partial charge in [-0.05, 0) is 73.6 Å². The molecular formula is C27H23F3N6. The zero-order valence-corrected chi connectivity index (χ0v) is 19.4. The van der Waals surface area contributed by atoms with Gasteiger partial charge in [0.05, 0.1) is 11.3 Å². The molecule has 1 atom stereocenters. The molecule has 6 rings (SSSR count). The fraction of sp³-hybridized carbons (Fsp3) is 0.296. The highest BCUT2D eigenvalue weighted by Gasteiger charge is 2.29. The highest BCUT2D eigenvalue weighted by molar-refractivity contribution is 5.90. The standard InChI is InChI=1S/C27H23F3N6/c28-20-10-16(5-6-17(20)13-31)26-34-24-23(35-9-1-2-19(32)14-35)7-8-33-27(24)36(26)25-21(29)11-18(12-22(25)30)15-3-4-15/h5-8,10-12,15,19H,1-4,9,14,32H2/t19-/m1/s1. The summed E-state index contributed by atoms with van der Waals surface area (Å²) in [6, 6.07) is 10.3. The van der Waals surface area contributed by atoms with Gasteiger partial charge in [-0.1, -0.05) is 0 Å². The van der Waals surface area contributed by atoms with E-state index in [1.54, 1.807) is 12.3 Å². The molecule has 2 aromatic carbocycles. The van der Waals surface area contributed by atoms with Crippen LogP contribution in [0.15, 0.2) is 42.6 Å². The minimum absolute atomic E-state index is 0.000926. The number of aromatic nitrogens is 3. The van der Waals surface area contributed by atoms with Gasteiger partial charge in [-0.25, -0.2) is 23.1 Å². The molecule has 1 aliphatic carbocycles. The Labute approximate surface area is 205 Å². The first-order valence-corrected chi connectivity index (χ1v) is 12.0. The number of nitrogens with two attached hydrogens (primary N) is 1. The molecule has 2 aromatic heterocycles. The summed E-state index contributed by atoms with van der Waals surface area (Å²) in [7, 11) is 0. The Kier molecular flexibility index (Phi) is 5.41. The second-order valence-corrected chi connectivity index (χ2v) is 9.54. The van der Waals surface area contributed by atoms with Gasteiger partial charge in [0.15, 0.2) is 17.3 Å². The average Bonchev–Trinajstić information content (AvgIpc) is 3.65. The lowest BCUT2D eigenvalue weighted by atomic mass is 10.1. The smallest absolute Gasteiger partial charge is 0.167 e. The van der Waals surface area contributed by atoms with Crippen molar-refractivity contribution in [1.29, 1.82) is 5.26 Å². The van der Waals surface area contributed by atoms with Crippen molar-refractivity contribution in [1.82, 2.24) is 14.5 Å². The molecule has 0 amide bonds. The first kappa shape index (κ1) is 22.6. The van der Waals surface area contributed by atoms with Crippen LogP contribution < -0.4 is 10.6 Å². The third-order valence-corrected chi connectivity index (χ3v) is 6.98. The van der Waals surface area contributed by atoms with Gasteiger partial charge in [-0.3, -0.25) is 4.57 Å². The number of hydrogen-bond acceptors (Lipinski definition) is 5. The van der Waals surface area contributed by atoms with Crippen LogP contribution in [0.25, 0.3) is 28.2 Å². The Hall–Kier alpha value is -3.90. The third kappa shape index (κ3) is 3.78. The molecule has 1 saturated carbocycles. The molecule has 0 spiro atoms. The number of pyridine rings is 1. The van der Waals surface area contributed by atoms with E-state index in [0.717, 1.165) is 44.0 Å². The minimum atomic E-state index is -0.742. The number of hydrogen-bond donors (Lipinski definition) is 1. The number of nitriles is 1. The van der Waals surface area contributed by atoms with Gasteiger partial charge >= 0.3 is 0 Å². The normalized spacial score (nSPS) is 18.0. The van der Waals surface area contributed by atoms with Crippen molar-refractivity contribution in [3.63, 3.8) is 0 Å². The van der Waals surface area contributed by atoms with Crippen LogP contribution in [-0.2, 0) is 0 Å². The van der Waals surface area contributed by atoms with Gasteiger partial charge < -0.3 is 10.6 Å². The van der Waals surface area contributed by atoms with Crippen LogP contribution in [-0.4, -0.2) is 33.7 Å². The molecule has 6 nitrogen and oxygen atoms in total. The highest BCUT2D eigenvalue weighted by atomic mass is 19.1. The van der Waals surface area contributed by atoms with Gasteiger partial charge in [0.25, 0.3) is 0 Å². The summed E-state index contributed by atoms with van der Waals surface area (Å²) < 4.78 is 47.0. The number of benzene rings is 2. The van der Waals surface area contributed by atoms with E-state index < -0.39 is 17.5 Å². The molecule has 0 unspecified atom stereocenters. The maximum atomic E-state index is 15.5. The van der Waals surface area contributed by atoms with Gasteiger partial charge in [0.1, 0.15) is 28.9 Å². The molecule has 2 aliphatic rings. The number of fused-ring (bicyclic) bond motifs is 1. The van der Waals surface area contributed by atoms with Crippen LogP contribution in [0.4, 0.5) is 18.9 Å². The second-order valence-electron chi connectivity index (χ2n) is 9.54. The molecule has 2 fully saturated rings. The van der Waals surface area contributed by atoms with Crippen LogP contribution >= 0.6 is 0 Å². The van der Waals surface area contributed by atoms with Crippen molar-refractivity contribution in [3.05, 3.63) is 71.2 Å². The van der Waals surface area contributed by atoms with E-state index in [1.165, 1.54) is 28.8 Å². The van der Waals surface area contributed by atoms with Gasteiger partial charge in [0, 0.05) is 30.9 Å². The minimum Gasteiger partial charge on any atom is -0.368 e. The van der Waals surface area contributed by atoms with Crippen LogP contribution in [0.3, 0.4) is 0 Å². The fourth-order valence-electron chi connectivity index (χ4n) is 5.05. The van der Waals surface area contributed by atoms with E-state index in [2.05, 4.69) is 9.88 Å². The van der Waals surface area contributed by atoms with Crippen molar-refractivity contribution in [3.8, 4) is 23.1 Å². The van der Waals surface area contributed by atoms with E-state index in [0.29, 0.717) is 17.6 Å². The predicted octanol–water partition coefficient (Wildman–Crippen LogP) is 5.18. The zero-order chi connectivity index (χ0) is 25.0. The maximum Gasteiger partial charge on any atom is 0.167 e. The predicted molar refractivity (Wildman–Crippen MR) is 130 cm³/mol. The van der Waals surface area contributed by atoms with Gasteiger partial charge in [0.2, 0.25) is 0 Å². The molecular weight excluding hydrogens is 465 g/mol. The largest absolute Gasteiger partial charge is 0.368 e. The first-order chi connectivity index (χ1) is 17.4. The van der Waals surface area contributed by atoms with Crippen molar-refractivity contribution in [2.45, 2.75) is 37.6 Å². The lowest BCUT2D eigenvalue weighted by molar-refractivity contribution is 0.507. The molecule has 1 aliphatic heterocycles. The number of nitrogens with zero attached hydrogens (tertiary/aromatic N) is 5. The number of imidazole rings is 1. The van der Waals surface area contributed by atoms with Crippen LogP contribution in [0.5, 0.6) is 0 Å². The SMILES string of the molecule is N#Cc1ccc(-c2nc3c(N4CCC[C@@H](N)C4)ccnc3n2-c2c(F)cc(C3CC3)cc2F)cc1F. The maximum absolute atomic E-state index is 15.5. The summed E-state index contributed by atoms with van der Waals surface area (Å²) in [5, 5.41) is 9.14. The van der Waals surface area contributed by atoms with E-state index >= 15 is 8.78 Å². The number of piperidine rings is 1. The monoisotopic (exact) mass is 488 g/mol. The molecule has 36 heavy (non-hydrogen) atoms.